The highest BCUT2D eigenvalue weighted by molar-refractivity contribution is 5.44. The Morgan fingerprint density at radius 3 is 1.10 bits per heavy atom. The maximum Gasteiger partial charge on any atom is 0.433 e. The van der Waals surface area contributed by atoms with Crippen LogP contribution in [0.25, 0.3) is 0 Å². The highest BCUT2D eigenvalue weighted by Gasteiger charge is 2.65. The van der Waals surface area contributed by atoms with Gasteiger partial charge in [-0.3, -0.25) is 0 Å². The topological polar surface area (TPSA) is 22.1 Å². The van der Waals surface area contributed by atoms with Gasteiger partial charge in [-0.15, -0.1) is 0 Å². The number of halogens is 28. The summed E-state index contributed by atoms with van der Waals surface area (Å²) in [4.78, 5) is 3.72. The fourth-order valence-electron chi connectivity index (χ4n) is 12.1. The molecule has 6 saturated carbocycles. The van der Waals surface area contributed by atoms with Crippen LogP contribution in [0.3, 0.4) is 0 Å². The SMILES string of the molecule is CC(C)c1cc(C(F)(F)F)cc(C(F)(F)C2CC2)c1.CC(C)c1cc(C(F)(F)F)cc(C2(C)CC2C(F)(F)F)c1.CC(C)c1cc(C2CC2(F)F)cc(C(F)(F)F)c1.CC(C)c1cc(C2CC2)nc(C(F)(F)F)c1.CC(C)c1cc(C2CC2C(F)(F)F)cc(C(F)(F)F)c1.CC(C)c1cc(OC2CC2)cc(C(F)(F)F)c1. The first-order valence-electron chi connectivity index (χ1n) is 36.1. The number of benzene rings is 5. The maximum atomic E-state index is 14.0. The molecule has 0 spiro atoms. The molecular formula is C81H87F28NO. The van der Waals surface area contributed by atoms with Crippen LogP contribution in [0.1, 0.15) is 296 Å². The zero-order valence-corrected chi connectivity index (χ0v) is 62.6. The van der Waals surface area contributed by atoms with E-state index in [-0.39, 0.29) is 83.5 Å². The van der Waals surface area contributed by atoms with Crippen LogP contribution in [-0.2, 0) is 48.4 Å². The fraction of sp³-hybridized carbons (Fsp3) is 0.568. The van der Waals surface area contributed by atoms with E-state index < -0.39 is 135 Å². The van der Waals surface area contributed by atoms with Gasteiger partial charge in [-0.25, -0.2) is 22.5 Å². The molecule has 5 atom stereocenters. The van der Waals surface area contributed by atoms with Crippen molar-refractivity contribution >= 4 is 0 Å². The minimum Gasteiger partial charge on any atom is -0.490 e. The molecule has 5 unspecified atom stereocenters. The molecule has 1 aromatic heterocycles. The van der Waals surface area contributed by atoms with E-state index in [1.165, 1.54) is 37.3 Å². The summed E-state index contributed by atoms with van der Waals surface area (Å²) < 4.78 is 365. The van der Waals surface area contributed by atoms with Crippen molar-refractivity contribution in [3.63, 3.8) is 0 Å². The van der Waals surface area contributed by atoms with Gasteiger partial charge in [0.05, 0.1) is 51.7 Å². The number of aromatic nitrogens is 1. The van der Waals surface area contributed by atoms with Gasteiger partial charge in [0.2, 0.25) is 0 Å². The number of pyridine rings is 1. The summed E-state index contributed by atoms with van der Waals surface area (Å²) in [6.45, 7) is 22.6. The van der Waals surface area contributed by atoms with Gasteiger partial charge in [0.1, 0.15) is 11.4 Å². The largest absolute Gasteiger partial charge is 0.490 e. The molecule has 618 valence electrons. The minimum atomic E-state index is -4.60. The zero-order chi connectivity index (χ0) is 84.2. The van der Waals surface area contributed by atoms with Crippen LogP contribution in [-0.4, -0.2) is 29.4 Å². The van der Waals surface area contributed by atoms with Crippen LogP contribution < -0.4 is 4.74 Å². The van der Waals surface area contributed by atoms with Crippen LogP contribution in [0.2, 0.25) is 0 Å². The van der Waals surface area contributed by atoms with E-state index in [9.17, 15) is 123 Å². The van der Waals surface area contributed by atoms with Crippen LogP contribution in [0.5, 0.6) is 5.75 Å². The molecule has 6 fully saturated rings. The van der Waals surface area contributed by atoms with Crippen LogP contribution in [0, 0.1) is 17.8 Å². The first-order chi connectivity index (χ1) is 50.3. The predicted octanol–water partition coefficient (Wildman–Crippen LogP) is 29.9. The Kier molecular flexibility index (Phi) is 27.2. The van der Waals surface area contributed by atoms with E-state index in [2.05, 4.69) is 4.98 Å². The summed E-state index contributed by atoms with van der Waals surface area (Å²) in [6.07, 6.45) is -31.5. The number of hydrogen-bond acceptors (Lipinski definition) is 2. The monoisotopic (exact) mass is 1620 g/mol. The van der Waals surface area contributed by atoms with Crippen molar-refractivity contribution in [2.45, 2.75) is 274 Å². The van der Waals surface area contributed by atoms with Gasteiger partial charge < -0.3 is 4.74 Å². The summed E-state index contributed by atoms with van der Waals surface area (Å²) in [6, 6.07) is 19.8. The Balaban J connectivity index is 0.000000185. The molecule has 0 radical (unpaired) electrons. The molecule has 6 aliphatic rings. The number of alkyl halides is 28. The first-order valence-corrected chi connectivity index (χ1v) is 36.1. The predicted molar refractivity (Wildman–Crippen MR) is 364 cm³/mol. The van der Waals surface area contributed by atoms with Crippen LogP contribution in [0.4, 0.5) is 123 Å². The molecule has 6 aromatic rings. The van der Waals surface area contributed by atoms with E-state index in [4.69, 9.17) is 4.74 Å². The molecule has 0 amide bonds. The summed E-state index contributed by atoms with van der Waals surface area (Å²) >= 11 is 0. The van der Waals surface area contributed by atoms with Gasteiger partial charge in [0, 0.05) is 34.9 Å². The molecule has 12 rings (SSSR count). The van der Waals surface area contributed by atoms with Crippen LogP contribution in [0.15, 0.2) is 103 Å². The van der Waals surface area contributed by atoms with Crippen LogP contribution >= 0.6 is 0 Å². The van der Waals surface area contributed by atoms with Crippen molar-refractivity contribution in [2.75, 3.05) is 0 Å². The Bertz CT molecular complexity index is 4110. The smallest absolute Gasteiger partial charge is 0.433 e. The quantitative estimate of drug-likeness (QED) is 0.101. The average Bonchev–Trinajstić information content (AvgIpc) is 1.55. The number of rotatable bonds is 14. The van der Waals surface area contributed by atoms with E-state index >= 15 is 0 Å². The molecule has 0 aliphatic heterocycles. The number of nitrogens with zero attached hydrogens (tertiary/aromatic N) is 1. The molecule has 1 heterocycles. The molecule has 111 heavy (non-hydrogen) atoms. The summed E-state index contributed by atoms with van der Waals surface area (Å²) in [7, 11) is 0. The second kappa shape index (κ2) is 33.1. The van der Waals surface area contributed by atoms with Gasteiger partial charge >= 0.3 is 49.4 Å². The van der Waals surface area contributed by atoms with Gasteiger partial charge in [0.25, 0.3) is 11.8 Å². The van der Waals surface area contributed by atoms with Gasteiger partial charge in [0.15, 0.2) is 0 Å². The Labute approximate surface area is 625 Å². The Hall–Kier alpha value is -6.91. The second-order valence-corrected chi connectivity index (χ2v) is 31.6. The zero-order valence-electron chi connectivity index (χ0n) is 62.6. The number of ether oxygens (including phenoxy) is 1. The molecule has 0 N–H and O–H groups in total. The minimum absolute atomic E-state index is 0.0545. The van der Waals surface area contributed by atoms with Crippen molar-refractivity contribution in [3.05, 3.63) is 198 Å². The maximum absolute atomic E-state index is 14.0. The van der Waals surface area contributed by atoms with Gasteiger partial charge in [-0.2, -0.15) is 105 Å². The lowest BCUT2D eigenvalue weighted by Crippen LogP contribution is -2.19. The average molecular weight is 1620 g/mol. The Morgan fingerprint density at radius 2 is 0.739 bits per heavy atom. The van der Waals surface area contributed by atoms with E-state index in [1.54, 1.807) is 61.5 Å². The highest BCUT2D eigenvalue weighted by Crippen LogP contribution is 2.62. The molecule has 30 heteroatoms. The highest BCUT2D eigenvalue weighted by atomic mass is 19.4. The molecule has 6 aliphatic carbocycles. The van der Waals surface area contributed by atoms with Gasteiger partial charge in [-0.1, -0.05) is 108 Å². The third kappa shape index (κ3) is 25.3. The molecule has 5 aromatic carbocycles. The van der Waals surface area contributed by atoms with Crippen molar-refractivity contribution in [2.24, 2.45) is 17.8 Å². The molecule has 0 saturated heterocycles. The molecule has 0 bridgehead atoms. The van der Waals surface area contributed by atoms with E-state index in [0.29, 0.717) is 58.2 Å². The van der Waals surface area contributed by atoms with Crippen molar-refractivity contribution in [3.8, 4) is 5.75 Å². The Morgan fingerprint density at radius 1 is 0.369 bits per heavy atom. The summed E-state index contributed by atoms with van der Waals surface area (Å²) in [5.41, 5.74) is -2.77. The molecule has 2 nitrogen and oxygen atoms in total. The normalized spacial score (nSPS) is 20.6. The van der Waals surface area contributed by atoms with Crippen molar-refractivity contribution in [1.82, 2.24) is 4.98 Å². The van der Waals surface area contributed by atoms with Gasteiger partial charge in [-0.05, 0) is 228 Å². The second-order valence-electron chi connectivity index (χ2n) is 31.6. The van der Waals surface area contributed by atoms with Crippen molar-refractivity contribution < 1.29 is 128 Å². The summed E-state index contributed by atoms with van der Waals surface area (Å²) in [5, 5.41) is 0. The number of hydrogen-bond donors (Lipinski definition) is 0. The van der Waals surface area contributed by atoms with Crippen molar-refractivity contribution in [1.29, 1.82) is 0 Å². The fourth-order valence-corrected chi connectivity index (χ4v) is 12.1. The molecular weight excluding hydrogens is 1530 g/mol. The third-order valence-electron chi connectivity index (χ3n) is 20.0. The lowest BCUT2D eigenvalue weighted by Gasteiger charge is -2.20. The first kappa shape index (κ1) is 91.3. The summed E-state index contributed by atoms with van der Waals surface area (Å²) in [5.74, 6) is -11.7. The lowest BCUT2D eigenvalue weighted by molar-refractivity contribution is -0.152. The lowest BCUT2D eigenvalue weighted by atomic mass is 9.89. The van der Waals surface area contributed by atoms with E-state index in [1.807, 2.05) is 33.8 Å². The van der Waals surface area contributed by atoms with E-state index in [0.717, 1.165) is 85.8 Å². The third-order valence-corrected chi connectivity index (χ3v) is 20.0. The standard InChI is InChI=1S/C15H16F6.C14H14F6.C14H15F5.C13H13F5.C13H15F3O.C12H14F3N/c1-8(2)9-4-10(6-11(5-9)14(16,17)18)13(3)7-12(13)15(19,20)21;1-7(2)8-3-9(5-10(4-8)13(15,16)17)11-6-12(11)14(18,19)20;1-8(2)9-5-11(13(15,16)10-3-4-10)7-12(6-9)14(17,18)19;1-7(2)8-3-9(11-6-12(11,14)15)5-10(4-8)13(16,17)18;1-8(2)9-5-10(13(14,15)16)7-12(6-9)17-11-3-4-11;1-7(2)9-5-10(8-3-4-8)16-11(6-9)12(13,14)15/h4-6,8,12H,7H2,1-3H3;3-5,7,11-12H,6H2,1-2H3;5-8,10H,3-4H2,1-2H3;3-5,7,11H,6H2,1-2H3;5-8,11H,3-4H2,1-2H3;5-8H,3-4H2,1-2H3.